The third-order valence-corrected chi connectivity index (χ3v) is 4.71. The average Bonchev–Trinajstić information content (AvgIpc) is 2.33. The summed E-state index contributed by atoms with van der Waals surface area (Å²) in [4.78, 5) is 0. The van der Waals surface area contributed by atoms with Crippen LogP contribution in [0.2, 0.25) is 0 Å². The van der Waals surface area contributed by atoms with Crippen molar-refractivity contribution in [3.63, 3.8) is 0 Å². The maximum absolute atomic E-state index is 3.67. The first-order chi connectivity index (χ1) is 8.54. The average molecular weight is 253 g/mol. The molecule has 0 atom stereocenters. The van der Waals surface area contributed by atoms with Crippen molar-refractivity contribution in [3.8, 4) is 0 Å². The molecule has 1 nitrogen and oxygen atoms in total. The van der Waals surface area contributed by atoms with Gasteiger partial charge in [0, 0.05) is 0 Å². The van der Waals surface area contributed by atoms with Crippen LogP contribution in [0.15, 0.2) is 0 Å². The molecule has 0 saturated heterocycles. The van der Waals surface area contributed by atoms with Crippen molar-refractivity contribution >= 4 is 0 Å². The van der Waals surface area contributed by atoms with Crippen molar-refractivity contribution in [1.82, 2.24) is 5.32 Å². The third kappa shape index (κ3) is 6.22. The molecule has 1 fully saturated rings. The molecule has 1 N–H and O–H groups in total. The first-order valence-corrected chi connectivity index (χ1v) is 8.24. The first kappa shape index (κ1) is 16.0. The molecule has 0 spiro atoms. The zero-order valence-corrected chi connectivity index (χ0v) is 13.2. The highest BCUT2D eigenvalue weighted by atomic mass is 14.9. The SMILES string of the molecule is CCCCCCNCC1CCC(C(C)(C)C)CC1. The number of unbranched alkanes of at least 4 members (excludes halogenated alkanes) is 3. The summed E-state index contributed by atoms with van der Waals surface area (Å²) in [5.74, 6) is 1.91. The minimum absolute atomic E-state index is 0.526. The molecule has 108 valence electrons. The second kappa shape index (κ2) is 8.19. The van der Waals surface area contributed by atoms with Gasteiger partial charge >= 0.3 is 0 Å². The van der Waals surface area contributed by atoms with Crippen LogP contribution in [0.1, 0.15) is 79.1 Å². The number of rotatable bonds is 7. The molecule has 0 aromatic carbocycles. The minimum atomic E-state index is 0.526. The second-order valence-electron chi connectivity index (χ2n) is 7.35. The largest absolute Gasteiger partial charge is 0.316 e. The Hall–Kier alpha value is -0.0400. The molecule has 0 radical (unpaired) electrons. The van der Waals surface area contributed by atoms with E-state index in [2.05, 4.69) is 33.0 Å². The van der Waals surface area contributed by atoms with Gasteiger partial charge in [-0.25, -0.2) is 0 Å². The molecule has 1 rings (SSSR count). The van der Waals surface area contributed by atoms with E-state index in [9.17, 15) is 0 Å². The van der Waals surface area contributed by atoms with Gasteiger partial charge < -0.3 is 5.32 Å². The Morgan fingerprint density at radius 1 is 0.944 bits per heavy atom. The Morgan fingerprint density at radius 3 is 2.17 bits per heavy atom. The predicted molar refractivity (Wildman–Crippen MR) is 81.9 cm³/mol. The van der Waals surface area contributed by atoms with Gasteiger partial charge in [-0.2, -0.15) is 0 Å². The lowest BCUT2D eigenvalue weighted by molar-refractivity contribution is 0.149. The molecule has 0 aromatic rings. The zero-order valence-electron chi connectivity index (χ0n) is 13.2. The highest BCUT2D eigenvalue weighted by molar-refractivity contribution is 4.81. The molecule has 0 aromatic heterocycles. The van der Waals surface area contributed by atoms with Crippen LogP contribution in [-0.4, -0.2) is 13.1 Å². The summed E-state index contributed by atoms with van der Waals surface area (Å²) < 4.78 is 0. The Labute approximate surface area is 115 Å². The fourth-order valence-corrected chi connectivity index (χ4v) is 3.22. The van der Waals surface area contributed by atoms with Crippen LogP contribution in [0.25, 0.3) is 0 Å². The standard InChI is InChI=1S/C17H35N/c1-5-6-7-8-13-18-14-15-9-11-16(12-10-15)17(2,3)4/h15-16,18H,5-14H2,1-4H3. The van der Waals surface area contributed by atoms with Crippen LogP contribution in [0.5, 0.6) is 0 Å². The highest BCUT2D eigenvalue weighted by Gasteiger charge is 2.29. The van der Waals surface area contributed by atoms with E-state index in [1.54, 1.807) is 0 Å². The molecule has 1 heteroatoms. The lowest BCUT2D eigenvalue weighted by Gasteiger charge is -2.37. The normalized spacial score (nSPS) is 25.3. The molecule has 1 aliphatic carbocycles. The smallest absolute Gasteiger partial charge is 0.00205 e. The van der Waals surface area contributed by atoms with E-state index in [4.69, 9.17) is 0 Å². The predicted octanol–water partition coefficient (Wildman–Crippen LogP) is 5.01. The fourth-order valence-electron chi connectivity index (χ4n) is 3.22. The Kier molecular flexibility index (Phi) is 7.29. The van der Waals surface area contributed by atoms with Gasteiger partial charge in [-0.1, -0.05) is 47.0 Å². The van der Waals surface area contributed by atoms with Crippen molar-refractivity contribution in [2.24, 2.45) is 17.3 Å². The molecular formula is C17H35N. The van der Waals surface area contributed by atoms with E-state index in [0.717, 1.165) is 11.8 Å². The lowest BCUT2D eigenvalue weighted by atomic mass is 9.70. The third-order valence-electron chi connectivity index (χ3n) is 4.71. The van der Waals surface area contributed by atoms with Crippen molar-refractivity contribution in [3.05, 3.63) is 0 Å². The summed E-state index contributed by atoms with van der Waals surface area (Å²) in [6, 6.07) is 0. The van der Waals surface area contributed by atoms with Gasteiger partial charge in [0.2, 0.25) is 0 Å². The van der Waals surface area contributed by atoms with Gasteiger partial charge in [-0.05, 0) is 62.4 Å². The molecule has 0 aliphatic heterocycles. The summed E-state index contributed by atoms with van der Waals surface area (Å²) >= 11 is 0. The molecule has 1 saturated carbocycles. The number of hydrogen-bond donors (Lipinski definition) is 1. The monoisotopic (exact) mass is 253 g/mol. The molecule has 0 bridgehead atoms. The summed E-state index contributed by atoms with van der Waals surface area (Å²) in [6.07, 6.45) is 11.3. The molecular weight excluding hydrogens is 218 g/mol. The summed E-state index contributed by atoms with van der Waals surface area (Å²) in [7, 11) is 0. The maximum Gasteiger partial charge on any atom is -0.00205 e. The van der Waals surface area contributed by atoms with Gasteiger partial charge in [0.15, 0.2) is 0 Å². The fraction of sp³-hybridized carbons (Fsp3) is 1.00. The minimum Gasteiger partial charge on any atom is -0.316 e. The quantitative estimate of drug-likeness (QED) is 0.629. The van der Waals surface area contributed by atoms with Crippen LogP contribution in [0.3, 0.4) is 0 Å². The summed E-state index contributed by atoms with van der Waals surface area (Å²) in [5, 5.41) is 3.67. The van der Waals surface area contributed by atoms with E-state index in [-0.39, 0.29) is 0 Å². The number of nitrogens with one attached hydrogen (secondary N) is 1. The van der Waals surface area contributed by atoms with E-state index in [0.29, 0.717) is 5.41 Å². The van der Waals surface area contributed by atoms with Crippen LogP contribution in [-0.2, 0) is 0 Å². The molecule has 18 heavy (non-hydrogen) atoms. The van der Waals surface area contributed by atoms with E-state index >= 15 is 0 Å². The van der Waals surface area contributed by atoms with Crippen LogP contribution >= 0.6 is 0 Å². The van der Waals surface area contributed by atoms with E-state index in [1.165, 1.54) is 64.5 Å². The molecule has 0 amide bonds. The van der Waals surface area contributed by atoms with E-state index in [1.807, 2.05) is 0 Å². The van der Waals surface area contributed by atoms with Crippen molar-refractivity contribution in [2.75, 3.05) is 13.1 Å². The van der Waals surface area contributed by atoms with Crippen molar-refractivity contribution in [1.29, 1.82) is 0 Å². The van der Waals surface area contributed by atoms with Crippen LogP contribution < -0.4 is 5.32 Å². The molecule has 1 aliphatic rings. The van der Waals surface area contributed by atoms with E-state index < -0.39 is 0 Å². The summed E-state index contributed by atoms with van der Waals surface area (Å²) in [6.45, 7) is 12.0. The molecule has 0 heterocycles. The Bertz CT molecular complexity index is 196. The van der Waals surface area contributed by atoms with Gasteiger partial charge in [-0.3, -0.25) is 0 Å². The Balaban J connectivity index is 2.02. The van der Waals surface area contributed by atoms with Crippen LogP contribution in [0, 0.1) is 17.3 Å². The van der Waals surface area contributed by atoms with Crippen molar-refractivity contribution < 1.29 is 0 Å². The zero-order chi connectivity index (χ0) is 13.4. The van der Waals surface area contributed by atoms with Gasteiger partial charge in [0.1, 0.15) is 0 Å². The second-order valence-corrected chi connectivity index (χ2v) is 7.35. The maximum atomic E-state index is 3.67. The van der Waals surface area contributed by atoms with Gasteiger partial charge in [0.25, 0.3) is 0 Å². The van der Waals surface area contributed by atoms with Gasteiger partial charge in [0.05, 0.1) is 0 Å². The summed E-state index contributed by atoms with van der Waals surface area (Å²) in [5.41, 5.74) is 0.526. The first-order valence-electron chi connectivity index (χ1n) is 8.24. The number of hydrogen-bond acceptors (Lipinski definition) is 1. The van der Waals surface area contributed by atoms with Gasteiger partial charge in [-0.15, -0.1) is 0 Å². The molecule has 0 unspecified atom stereocenters. The Morgan fingerprint density at radius 2 is 1.61 bits per heavy atom. The van der Waals surface area contributed by atoms with Crippen molar-refractivity contribution in [2.45, 2.75) is 79.1 Å². The van der Waals surface area contributed by atoms with Crippen LogP contribution in [0.4, 0.5) is 0 Å². The highest BCUT2D eigenvalue weighted by Crippen LogP contribution is 2.39. The topological polar surface area (TPSA) is 12.0 Å². The lowest BCUT2D eigenvalue weighted by Crippen LogP contribution is -2.31.